The zero-order chi connectivity index (χ0) is 9.26. The van der Waals surface area contributed by atoms with Crippen molar-refractivity contribution in [3.8, 4) is 0 Å². The summed E-state index contributed by atoms with van der Waals surface area (Å²) in [5.74, 6) is -0.330. The fourth-order valence-electron chi connectivity index (χ4n) is 1.21. The molecule has 0 aliphatic carbocycles. The molecule has 1 aromatic carbocycles. The quantitative estimate of drug-likeness (QED) is 0.683. The van der Waals surface area contributed by atoms with Gasteiger partial charge in [0.15, 0.2) is 0 Å². The highest BCUT2D eigenvalue weighted by molar-refractivity contribution is 5.94. The van der Waals surface area contributed by atoms with Crippen LogP contribution in [0.5, 0.6) is 0 Å². The second-order valence-electron chi connectivity index (χ2n) is 2.66. The lowest BCUT2D eigenvalue weighted by Gasteiger charge is -1.97. The molecule has 0 amide bonds. The summed E-state index contributed by atoms with van der Waals surface area (Å²) in [6.45, 7) is 0. The van der Waals surface area contributed by atoms with Gasteiger partial charge in [-0.1, -0.05) is 0 Å². The standard InChI is InChI=1S/C10H8O3.ClH/c1-12-10(11)8-2-3-9-7(6-8)4-5-13-9;/h2-6H,1H3;1H. The van der Waals surface area contributed by atoms with Crippen LogP contribution in [0.25, 0.3) is 11.0 Å². The second-order valence-corrected chi connectivity index (χ2v) is 2.66. The summed E-state index contributed by atoms with van der Waals surface area (Å²) in [6.07, 6.45) is 1.59. The molecule has 0 radical (unpaired) electrons. The lowest BCUT2D eigenvalue weighted by atomic mass is 10.2. The van der Waals surface area contributed by atoms with E-state index >= 15 is 0 Å². The number of benzene rings is 1. The van der Waals surface area contributed by atoms with E-state index in [0.717, 1.165) is 11.0 Å². The number of esters is 1. The number of carbonyl (C=O) groups is 1. The van der Waals surface area contributed by atoms with E-state index in [4.69, 9.17) is 4.42 Å². The third kappa shape index (κ3) is 1.72. The smallest absolute Gasteiger partial charge is 0.337 e. The molecule has 0 bridgehead atoms. The SMILES string of the molecule is COC(=O)c1ccc2occc2c1.Cl. The summed E-state index contributed by atoms with van der Waals surface area (Å²) in [4.78, 5) is 11.1. The minimum absolute atomic E-state index is 0. The Kier molecular flexibility index (Phi) is 3.14. The van der Waals surface area contributed by atoms with E-state index in [1.807, 2.05) is 6.07 Å². The molecule has 1 heterocycles. The van der Waals surface area contributed by atoms with Crippen molar-refractivity contribution in [1.82, 2.24) is 0 Å². The van der Waals surface area contributed by atoms with Crippen molar-refractivity contribution in [3.05, 3.63) is 36.1 Å². The number of rotatable bonds is 1. The number of fused-ring (bicyclic) bond motifs is 1. The van der Waals surface area contributed by atoms with E-state index in [0.29, 0.717) is 5.56 Å². The lowest BCUT2D eigenvalue weighted by molar-refractivity contribution is 0.0601. The molecule has 0 N–H and O–H groups in total. The first-order valence-electron chi connectivity index (χ1n) is 3.87. The van der Waals surface area contributed by atoms with E-state index in [2.05, 4.69) is 4.74 Å². The molecule has 2 rings (SSSR count). The van der Waals surface area contributed by atoms with Crippen molar-refractivity contribution >= 4 is 29.3 Å². The third-order valence-corrected chi connectivity index (χ3v) is 1.87. The van der Waals surface area contributed by atoms with Gasteiger partial charge in [0, 0.05) is 5.39 Å². The van der Waals surface area contributed by atoms with Crippen LogP contribution in [0.1, 0.15) is 10.4 Å². The van der Waals surface area contributed by atoms with E-state index in [9.17, 15) is 4.79 Å². The van der Waals surface area contributed by atoms with Gasteiger partial charge in [0.05, 0.1) is 18.9 Å². The molecule has 0 unspecified atom stereocenters. The number of methoxy groups -OCH3 is 1. The molecule has 0 spiro atoms. The Morgan fingerprint density at radius 1 is 1.36 bits per heavy atom. The Labute approximate surface area is 87.1 Å². The monoisotopic (exact) mass is 212 g/mol. The first-order valence-corrected chi connectivity index (χ1v) is 3.87. The number of furan rings is 1. The van der Waals surface area contributed by atoms with Gasteiger partial charge >= 0.3 is 5.97 Å². The van der Waals surface area contributed by atoms with E-state index in [1.54, 1.807) is 24.5 Å². The van der Waals surface area contributed by atoms with E-state index in [-0.39, 0.29) is 18.4 Å². The zero-order valence-corrected chi connectivity index (χ0v) is 8.34. The van der Waals surface area contributed by atoms with Gasteiger partial charge in [-0.3, -0.25) is 0 Å². The minimum atomic E-state index is -0.330. The topological polar surface area (TPSA) is 39.4 Å². The molecule has 3 nitrogen and oxygen atoms in total. The molecule has 0 saturated heterocycles. The second kappa shape index (κ2) is 4.15. The van der Waals surface area contributed by atoms with Crippen LogP contribution in [0, 0.1) is 0 Å². The molecule has 14 heavy (non-hydrogen) atoms. The number of carbonyl (C=O) groups excluding carboxylic acids is 1. The van der Waals surface area contributed by atoms with Gasteiger partial charge in [0.2, 0.25) is 0 Å². The van der Waals surface area contributed by atoms with Crippen LogP contribution in [0.4, 0.5) is 0 Å². The molecule has 2 aromatic rings. The van der Waals surface area contributed by atoms with Crippen LogP contribution < -0.4 is 0 Å². The van der Waals surface area contributed by atoms with Crippen LogP contribution >= 0.6 is 12.4 Å². The fraction of sp³-hybridized carbons (Fsp3) is 0.100. The molecule has 0 fully saturated rings. The fourth-order valence-corrected chi connectivity index (χ4v) is 1.21. The summed E-state index contributed by atoms with van der Waals surface area (Å²) < 4.78 is 9.73. The van der Waals surface area contributed by atoms with Gasteiger partial charge in [-0.05, 0) is 24.3 Å². The molecular weight excluding hydrogens is 204 g/mol. The van der Waals surface area contributed by atoms with Crippen LogP contribution in [-0.2, 0) is 4.74 Å². The van der Waals surface area contributed by atoms with Gasteiger partial charge in [-0.25, -0.2) is 4.79 Å². The van der Waals surface area contributed by atoms with E-state index in [1.165, 1.54) is 7.11 Å². The predicted octanol–water partition coefficient (Wildman–Crippen LogP) is 2.64. The number of hydrogen-bond donors (Lipinski definition) is 0. The van der Waals surface area contributed by atoms with Crippen molar-refractivity contribution in [3.63, 3.8) is 0 Å². The van der Waals surface area contributed by atoms with E-state index < -0.39 is 0 Å². The Hall–Kier alpha value is -1.48. The molecule has 0 saturated carbocycles. The summed E-state index contributed by atoms with van der Waals surface area (Å²) in [5.41, 5.74) is 1.31. The molecule has 1 aromatic heterocycles. The number of hydrogen-bond acceptors (Lipinski definition) is 3. The maximum absolute atomic E-state index is 11.1. The highest BCUT2D eigenvalue weighted by Gasteiger charge is 2.06. The summed E-state index contributed by atoms with van der Waals surface area (Å²) >= 11 is 0. The largest absolute Gasteiger partial charge is 0.465 e. The van der Waals surface area contributed by atoms with Crippen molar-refractivity contribution in [1.29, 1.82) is 0 Å². The molecule has 74 valence electrons. The van der Waals surface area contributed by atoms with Gasteiger partial charge < -0.3 is 9.15 Å². The number of halogens is 1. The normalized spacial score (nSPS) is 9.50. The average molecular weight is 213 g/mol. The van der Waals surface area contributed by atoms with Crippen LogP contribution in [0.15, 0.2) is 34.9 Å². The van der Waals surface area contributed by atoms with Crippen LogP contribution in [-0.4, -0.2) is 13.1 Å². The summed E-state index contributed by atoms with van der Waals surface area (Å²) in [7, 11) is 1.36. The van der Waals surface area contributed by atoms with Gasteiger partial charge in [0.25, 0.3) is 0 Å². The predicted molar refractivity (Wildman–Crippen MR) is 54.8 cm³/mol. The van der Waals surface area contributed by atoms with Crippen molar-refractivity contribution in [2.24, 2.45) is 0 Å². The lowest BCUT2D eigenvalue weighted by Crippen LogP contribution is -1.99. The van der Waals surface area contributed by atoms with Crippen LogP contribution in [0.2, 0.25) is 0 Å². The Balaban J connectivity index is 0.000000980. The van der Waals surface area contributed by atoms with Crippen molar-refractivity contribution in [2.45, 2.75) is 0 Å². The summed E-state index contributed by atoms with van der Waals surface area (Å²) in [6, 6.07) is 6.98. The van der Waals surface area contributed by atoms with Crippen molar-refractivity contribution < 1.29 is 13.9 Å². The first kappa shape index (κ1) is 10.6. The minimum Gasteiger partial charge on any atom is -0.465 e. The molecule has 0 atom stereocenters. The summed E-state index contributed by atoms with van der Waals surface area (Å²) in [5, 5.41) is 0.905. The van der Waals surface area contributed by atoms with Gasteiger partial charge in [-0.2, -0.15) is 0 Å². The average Bonchev–Trinajstić information content (AvgIpc) is 2.63. The molecule has 0 aliphatic heterocycles. The van der Waals surface area contributed by atoms with Crippen LogP contribution in [0.3, 0.4) is 0 Å². The molecular formula is C10H9ClO3. The third-order valence-electron chi connectivity index (χ3n) is 1.87. The van der Waals surface area contributed by atoms with Gasteiger partial charge in [-0.15, -0.1) is 12.4 Å². The maximum Gasteiger partial charge on any atom is 0.337 e. The van der Waals surface area contributed by atoms with Crippen molar-refractivity contribution in [2.75, 3.05) is 7.11 Å². The highest BCUT2D eigenvalue weighted by atomic mass is 35.5. The van der Waals surface area contributed by atoms with Gasteiger partial charge in [0.1, 0.15) is 5.58 Å². The number of ether oxygens (including phenoxy) is 1. The Morgan fingerprint density at radius 2 is 2.14 bits per heavy atom. The molecule has 0 aliphatic rings. The first-order chi connectivity index (χ1) is 6.31. The molecule has 4 heteroatoms. The zero-order valence-electron chi connectivity index (χ0n) is 7.52. The Morgan fingerprint density at radius 3 is 2.86 bits per heavy atom. The highest BCUT2D eigenvalue weighted by Crippen LogP contribution is 2.17. The Bertz CT molecular complexity index is 447. The maximum atomic E-state index is 11.1.